The maximum atomic E-state index is 10.9. The quantitative estimate of drug-likeness (QED) is 0.787. The monoisotopic (exact) mass is 257 g/mol. The SMILES string of the molecule is NC(CO)c1c(Cl)cc(C=O)c2c1OCCO2. The van der Waals surface area contributed by atoms with E-state index in [1.165, 1.54) is 6.07 Å². The van der Waals surface area contributed by atoms with Crippen LogP contribution in [-0.2, 0) is 0 Å². The first-order valence-corrected chi connectivity index (χ1v) is 5.50. The summed E-state index contributed by atoms with van der Waals surface area (Å²) < 4.78 is 10.8. The lowest BCUT2D eigenvalue weighted by Crippen LogP contribution is -2.22. The van der Waals surface area contributed by atoms with Gasteiger partial charge in [-0.25, -0.2) is 0 Å². The maximum absolute atomic E-state index is 10.9. The third-order valence-electron chi connectivity index (χ3n) is 2.52. The molecular weight excluding hydrogens is 246 g/mol. The zero-order chi connectivity index (χ0) is 12.4. The molecule has 2 rings (SSSR count). The average Bonchev–Trinajstić information content (AvgIpc) is 2.37. The fourth-order valence-electron chi connectivity index (χ4n) is 1.75. The Kier molecular flexibility index (Phi) is 3.51. The van der Waals surface area contributed by atoms with Crippen molar-refractivity contribution in [3.8, 4) is 11.5 Å². The second kappa shape index (κ2) is 4.91. The summed E-state index contributed by atoms with van der Waals surface area (Å²) in [5.41, 5.74) is 6.54. The Bertz CT molecular complexity index is 450. The minimum atomic E-state index is -0.668. The van der Waals surface area contributed by atoms with Crippen molar-refractivity contribution in [3.05, 3.63) is 22.2 Å². The number of fused-ring (bicyclic) bond motifs is 1. The molecule has 0 aromatic heterocycles. The molecule has 0 amide bonds. The molecule has 1 atom stereocenters. The van der Waals surface area contributed by atoms with Gasteiger partial charge < -0.3 is 20.3 Å². The number of benzene rings is 1. The Morgan fingerprint density at radius 1 is 1.47 bits per heavy atom. The number of halogens is 1. The fourth-order valence-corrected chi connectivity index (χ4v) is 2.09. The van der Waals surface area contributed by atoms with E-state index < -0.39 is 6.04 Å². The van der Waals surface area contributed by atoms with Crippen LogP contribution < -0.4 is 15.2 Å². The number of aliphatic hydroxyl groups is 1. The van der Waals surface area contributed by atoms with Gasteiger partial charge in [0.15, 0.2) is 17.8 Å². The number of carbonyl (C=O) groups excluding carboxylic acids is 1. The minimum Gasteiger partial charge on any atom is -0.486 e. The number of nitrogens with two attached hydrogens (primary N) is 1. The molecule has 0 saturated carbocycles. The molecule has 1 aromatic carbocycles. The van der Waals surface area contributed by atoms with Gasteiger partial charge in [0.05, 0.1) is 23.2 Å². The molecule has 0 fully saturated rings. The highest BCUT2D eigenvalue weighted by atomic mass is 35.5. The first-order valence-electron chi connectivity index (χ1n) is 5.12. The van der Waals surface area contributed by atoms with Crippen LogP contribution in [0.15, 0.2) is 6.07 Å². The number of hydrogen-bond acceptors (Lipinski definition) is 5. The Labute approximate surface area is 103 Å². The number of aliphatic hydroxyl groups excluding tert-OH is 1. The number of ether oxygens (including phenoxy) is 2. The molecule has 17 heavy (non-hydrogen) atoms. The van der Waals surface area contributed by atoms with Crippen molar-refractivity contribution < 1.29 is 19.4 Å². The predicted octanol–water partition coefficient (Wildman–Crippen LogP) is 0.916. The molecular formula is C11H12ClNO4. The Hall–Kier alpha value is -1.30. The standard InChI is InChI=1S/C11H12ClNO4/c12-7-3-6(4-14)10-11(17-2-1-16-10)9(7)8(13)5-15/h3-4,8,15H,1-2,5,13H2. The molecule has 0 radical (unpaired) electrons. The van der Waals surface area contributed by atoms with Crippen molar-refractivity contribution in [3.63, 3.8) is 0 Å². The lowest BCUT2D eigenvalue weighted by Gasteiger charge is -2.25. The van der Waals surface area contributed by atoms with Crippen LogP contribution in [0, 0.1) is 0 Å². The van der Waals surface area contributed by atoms with E-state index in [-0.39, 0.29) is 11.6 Å². The molecule has 1 aromatic rings. The number of carbonyl (C=O) groups is 1. The van der Waals surface area contributed by atoms with Crippen molar-refractivity contribution in [2.45, 2.75) is 6.04 Å². The van der Waals surface area contributed by atoms with Gasteiger partial charge in [-0.2, -0.15) is 0 Å². The summed E-state index contributed by atoms with van der Waals surface area (Å²) in [6, 6.07) is 0.797. The van der Waals surface area contributed by atoms with Gasteiger partial charge in [0, 0.05) is 5.56 Å². The van der Waals surface area contributed by atoms with E-state index in [2.05, 4.69) is 0 Å². The molecule has 5 nitrogen and oxygen atoms in total. The van der Waals surface area contributed by atoms with Crippen molar-refractivity contribution in [1.29, 1.82) is 0 Å². The van der Waals surface area contributed by atoms with E-state index in [4.69, 9.17) is 31.9 Å². The fraction of sp³-hybridized carbons (Fsp3) is 0.364. The molecule has 0 spiro atoms. The van der Waals surface area contributed by atoms with Crippen LogP contribution in [0.2, 0.25) is 5.02 Å². The number of rotatable bonds is 3. The van der Waals surface area contributed by atoms with E-state index in [0.29, 0.717) is 42.1 Å². The lowest BCUT2D eigenvalue weighted by molar-refractivity contribution is 0.111. The van der Waals surface area contributed by atoms with Gasteiger partial charge in [-0.15, -0.1) is 0 Å². The van der Waals surface area contributed by atoms with E-state index in [9.17, 15) is 4.79 Å². The highest BCUT2D eigenvalue weighted by Crippen LogP contribution is 2.42. The zero-order valence-electron chi connectivity index (χ0n) is 8.98. The predicted molar refractivity (Wildman–Crippen MR) is 61.8 cm³/mol. The third kappa shape index (κ3) is 2.09. The summed E-state index contributed by atoms with van der Waals surface area (Å²) in [6.07, 6.45) is 0.646. The van der Waals surface area contributed by atoms with Crippen LogP contribution in [-0.4, -0.2) is 31.2 Å². The smallest absolute Gasteiger partial charge is 0.172 e. The highest BCUT2D eigenvalue weighted by Gasteiger charge is 2.25. The zero-order valence-corrected chi connectivity index (χ0v) is 9.74. The minimum absolute atomic E-state index is 0.268. The molecule has 6 heteroatoms. The van der Waals surface area contributed by atoms with Gasteiger partial charge in [-0.05, 0) is 6.07 Å². The molecule has 92 valence electrons. The summed E-state index contributed by atoms with van der Waals surface area (Å²) in [7, 11) is 0. The van der Waals surface area contributed by atoms with Crippen molar-refractivity contribution >= 4 is 17.9 Å². The van der Waals surface area contributed by atoms with Crippen molar-refractivity contribution in [2.24, 2.45) is 5.73 Å². The molecule has 1 unspecified atom stereocenters. The number of aldehydes is 1. The molecule has 3 N–H and O–H groups in total. The first kappa shape index (κ1) is 12.2. The van der Waals surface area contributed by atoms with E-state index in [1.807, 2.05) is 0 Å². The van der Waals surface area contributed by atoms with E-state index in [0.717, 1.165) is 0 Å². The summed E-state index contributed by atoms with van der Waals surface area (Å²) in [4.78, 5) is 10.9. The lowest BCUT2D eigenvalue weighted by atomic mass is 10.0. The summed E-state index contributed by atoms with van der Waals surface area (Å²) in [6.45, 7) is 0.454. The molecule has 0 aliphatic carbocycles. The average molecular weight is 258 g/mol. The van der Waals surface area contributed by atoms with Crippen molar-refractivity contribution in [2.75, 3.05) is 19.8 Å². The third-order valence-corrected chi connectivity index (χ3v) is 2.84. The van der Waals surface area contributed by atoms with Crippen LogP contribution in [0.4, 0.5) is 0 Å². The Morgan fingerprint density at radius 2 is 2.12 bits per heavy atom. The van der Waals surface area contributed by atoms with Gasteiger partial charge >= 0.3 is 0 Å². The van der Waals surface area contributed by atoms with E-state index in [1.54, 1.807) is 0 Å². The topological polar surface area (TPSA) is 81.8 Å². The Balaban J connectivity index is 2.63. The number of hydrogen-bond donors (Lipinski definition) is 2. The van der Waals surface area contributed by atoms with Crippen LogP contribution >= 0.6 is 11.6 Å². The van der Waals surface area contributed by atoms with Crippen molar-refractivity contribution in [1.82, 2.24) is 0 Å². The van der Waals surface area contributed by atoms with Crippen LogP contribution in [0.25, 0.3) is 0 Å². The summed E-state index contributed by atoms with van der Waals surface area (Å²) >= 11 is 6.03. The van der Waals surface area contributed by atoms with Gasteiger partial charge in [0.1, 0.15) is 13.2 Å². The largest absolute Gasteiger partial charge is 0.486 e. The molecule has 1 heterocycles. The molecule has 0 bridgehead atoms. The second-order valence-corrected chi connectivity index (χ2v) is 4.03. The Morgan fingerprint density at radius 3 is 2.71 bits per heavy atom. The molecule has 1 aliphatic rings. The van der Waals surface area contributed by atoms with Gasteiger partial charge in [-0.3, -0.25) is 4.79 Å². The van der Waals surface area contributed by atoms with Gasteiger partial charge in [-0.1, -0.05) is 11.6 Å². The normalized spacial score (nSPS) is 15.5. The van der Waals surface area contributed by atoms with Gasteiger partial charge in [0.2, 0.25) is 0 Å². The first-order chi connectivity index (χ1) is 8.19. The molecule has 0 saturated heterocycles. The van der Waals surface area contributed by atoms with Crippen LogP contribution in [0.1, 0.15) is 22.0 Å². The van der Waals surface area contributed by atoms with Gasteiger partial charge in [0.25, 0.3) is 0 Å². The molecule has 1 aliphatic heterocycles. The highest BCUT2D eigenvalue weighted by molar-refractivity contribution is 6.32. The second-order valence-electron chi connectivity index (χ2n) is 3.62. The summed E-state index contributed by atoms with van der Waals surface area (Å²) in [5.74, 6) is 0.696. The van der Waals surface area contributed by atoms with Crippen LogP contribution in [0.3, 0.4) is 0 Å². The summed E-state index contributed by atoms with van der Waals surface area (Å²) in [5, 5.41) is 9.38. The van der Waals surface area contributed by atoms with E-state index >= 15 is 0 Å². The van der Waals surface area contributed by atoms with Crippen LogP contribution in [0.5, 0.6) is 11.5 Å². The maximum Gasteiger partial charge on any atom is 0.172 e.